The van der Waals surface area contributed by atoms with Gasteiger partial charge in [0, 0.05) is 23.5 Å². The van der Waals surface area contributed by atoms with E-state index in [9.17, 15) is 18.0 Å². The van der Waals surface area contributed by atoms with Crippen LogP contribution < -0.4 is 10.0 Å². The third-order valence-corrected chi connectivity index (χ3v) is 7.78. The van der Waals surface area contributed by atoms with Gasteiger partial charge in [-0.3, -0.25) is 9.59 Å². The summed E-state index contributed by atoms with van der Waals surface area (Å²) in [5.41, 5.74) is -0.195. The van der Waals surface area contributed by atoms with E-state index in [4.69, 9.17) is 0 Å². The second-order valence-electron chi connectivity index (χ2n) is 8.51. The van der Waals surface area contributed by atoms with Gasteiger partial charge in [-0.15, -0.1) is 11.8 Å². The van der Waals surface area contributed by atoms with Crippen molar-refractivity contribution in [2.24, 2.45) is 5.92 Å². The van der Waals surface area contributed by atoms with Crippen LogP contribution in [-0.2, 0) is 19.6 Å². The maximum atomic E-state index is 12.8. The fourth-order valence-corrected chi connectivity index (χ4v) is 5.77. The Morgan fingerprint density at radius 3 is 2.50 bits per heavy atom. The van der Waals surface area contributed by atoms with E-state index >= 15 is 0 Å². The van der Waals surface area contributed by atoms with E-state index in [1.54, 1.807) is 31.7 Å². The Morgan fingerprint density at radius 2 is 1.89 bits per heavy atom. The number of benzene rings is 1. The first-order valence-corrected chi connectivity index (χ1v) is 11.8. The second-order valence-corrected chi connectivity index (χ2v) is 11.3. The molecule has 0 saturated carbocycles. The lowest BCUT2D eigenvalue weighted by Crippen LogP contribution is -2.47. The van der Waals surface area contributed by atoms with E-state index < -0.39 is 26.7 Å². The lowest BCUT2D eigenvalue weighted by molar-refractivity contribution is -0.135. The standard InChI is InChI=1S/C19H27N3O4S2/c1-12-7-9-22(10-8-12)18(24)16-17(23)20-14-11-13(5-6-15(14)27-16)28(25,26)21-19(2,3)4/h5-6,11-12,16,21H,7-10H2,1-4H3,(H,20,23). The van der Waals surface area contributed by atoms with Crippen LogP contribution in [0.3, 0.4) is 0 Å². The zero-order valence-electron chi connectivity index (χ0n) is 16.6. The highest BCUT2D eigenvalue weighted by atomic mass is 32.2. The molecule has 1 fully saturated rings. The molecule has 7 nitrogen and oxygen atoms in total. The highest BCUT2D eigenvalue weighted by Crippen LogP contribution is 2.38. The van der Waals surface area contributed by atoms with E-state index in [2.05, 4.69) is 17.0 Å². The number of sulfonamides is 1. The number of likely N-dealkylation sites (tertiary alicyclic amines) is 1. The minimum absolute atomic E-state index is 0.0804. The minimum Gasteiger partial charge on any atom is -0.341 e. The summed E-state index contributed by atoms with van der Waals surface area (Å²) < 4.78 is 27.7. The molecule has 1 unspecified atom stereocenters. The molecule has 9 heteroatoms. The van der Waals surface area contributed by atoms with Crippen LogP contribution in [0.5, 0.6) is 0 Å². The predicted octanol–water partition coefficient (Wildman–Crippen LogP) is 2.43. The van der Waals surface area contributed by atoms with E-state index in [0.29, 0.717) is 29.6 Å². The molecule has 2 amide bonds. The third-order valence-electron chi connectivity index (χ3n) is 4.76. The summed E-state index contributed by atoms with van der Waals surface area (Å²) in [4.78, 5) is 27.9. The molecule has 1 aromatic rings. The Labute approximate surface area is 170 Å². The van der Waals surface area contributed by atoms with Crippen LogP contribution in [0.15, 0.2) is 28.0 Å². The number of piperidine rings is 1. The van der Waals surface area contributed by atoms with Crippen molar-refractivity contribution in [3.05, 3.63) is 18.2 Å². The molecule has 0 spiro atoms. The van der Waals surface area contributed by atoms with Crippen molar-refractivity contribution in [1.82, 2.24) is 9.62 Å². The Bertz CT molecular complexity index is 885. The highest BCUT2D eigenvalue weighted by molar-refractivity contribution is 8.01. The van der Waals surface area contributed by atoms with Crippen LogP contribution in [0.25, 0.3) is 0 Å². The first-order chi connectivity index (χ1) is 13.0. The smallest absolute Gasteiger partial charge is 0.247 e. The Kier molecular flexibility index (Phi) is 5.80. The van der Waals surface area contributed by atoms with Gasteiger partial charge >= 0.3 is 0 Å². The van der Waals surface area contributed by atoms with Gasteiger partial charge in [-0.2, -0.15) is 0 Å². The molecule has 3 rings (SSSR count). The maximum absolute atomic E-state index is 12.8. The van der Waals surface area contributed by atoms with Gasteiger partial charge in [0.05, 0.1) is 10.6 Å². The molecule has 1 saturated heterocycles. The largest absolute Gasteiger partial charge is 0.341 e. The summed E-state index contributed by atoms with van der Waals surface area (Å²) in [6, 6.07) is 4.59. The average Bonchev–Trinajstić information content (AvgIpc) is 2.58. The number of hydrogen-bond acceptors (Lipinski definition) is 5. The van der Waals surface area contributed by atoms with Crippen molar-refractivity contribution >= 4 is 39.3 Å². The molecule has 2 aliphatic heterocycles. The summed E-state index contributed by atoms with van der Waals surface area (Å²) in [6.45, 7) is 8.80. The number of carbonyl (C=O) groups excluding carboxylic acids is 2. The zero-order chi connectivity index (χ0) is 20.7. The van der Waals surface area contributed by atoms with Crippen LogP contribution in [0.1, 0.15) is 40.5 Å². The van der Waals surface area contributed by atoms with Gasteiger partial charge in [0.15, 0.2) is 5.25 Å². The number of amides is 2. The monoisotopic (exact) mass is 425 g/mol. The quantitative estimate of drug-likeness (QED) is 0.725. The molecule has 28 heavy (non-hydrogen) atoms. The Balaban J connectivity index is 1.79. The third kappa shape index (κ3) is 4.69. The van der Waals surface area contributed by atoms with E-state index in [0.717, 1.165) is 12.8 Å². The van der Waals surface area contributed by atoms with Crippen LogP contribution in [0.4, 0.5) is 5.69 Å². The van der Waals surface area contributed by atoms with Crippen LogP contribution in [-0.4, -0.2) is 49.0 Å². The molecule has 2 aliphatic rings. The van der Waals surface area contributed by atoms with Gasteiger partial charge in [0.25, 0.3) is 0 Å². The van der Waals surface area contributed by atoms with Crippen molar-refractivity contribution < 1.29 is 18.0 Å². The van der Waals surface area contributed by atoms with Gasteiger partial charge in [-0.05, 0) is 57.7 Å². The van der Waals surface area contributed by atoms with Gasteiger partial charge in [0.1, 0.15) is 0 Å². The fourth-order valence-electron chi connectivity index (χ4n) is 3.27. The van der Waals surface area contributed by atoms with Crippen molar-refractivity contribution in [3.63, 3.8) is 0 Å². The number of carbonyl (C=O) groups is 2. The summed E-state index contributed by atoms with van der Waals surface area (Å²) in [5.74, 6) is 0.0188. The summed E-state index contributed by atoms with van der Waals surface area (Å²) in [7, 11) is -3.71. The van der Waals surface area contributed by atoms with Crippen LogP contribution in [0.2, 0.25) is 0 Å². The van der Waals surface area contributed by atoms with Gasteiger partial charge in [-0.25, -0.2) is 13.1 Å². The first kappa shape index (κ1) is 21.1. The molecule has 1 aromatic carbocycles. The molecule has 2 N–H and O–H groups in total. The molecule has 2 heterocycles. The molecule has 0 aliphatic carbocycles. The summed E-state index contributed by atoms with van der Waals surface area (Å²) in [5, 5.41) is 1.88. The predicted molar refractivity (Wildman–Crippen MR) is 110 cm³/mol. The number of nitrogens with zero attached hydrogens (tertiary/aromatic N) is 1. The molecule has 0 aromatic heterocycles. The number of anilines is 1. The average molecular weight is 426 g/mol. The Morgan fingerprint density at radius 1 is 1.25 bits per heavy atom. The molecule has 0 radical (unpaired) electrons. The van der Waals surface area contributed by atoms with Crippen molar-refractivity contribution in [2.75, 3.05) is 18.4 Å². The number of hydrogen-bond donors (Lipinski definition) is 2. The van der Waals surface area contributed by atoms with E-state index in [1.165, 1.54) is 23.9 Å². The maximum Gasteiger partial charge on any atom is 0.247 e. The van der Waals surface area contributed by atoms with Crippen molar-refractivity contribution in [1.29, 1.82) is 0 Å². The Hall–Kier alpha value is -1.58. The van der Waals surface area contributed by atoms with Gasteiger partial charge in [0.2, 0.25) is 21.8 Å². The van der Waals surface area contributed by atoms with E-state index in [-0.39, 0.29) is 10.8 Å². The van der Waals surface area contributed by atoms with Gasteiger partial charge in [-0.1, -0.05) is 6.92 Å². The zero-order valence-corrected chi connectivity index (χ0v) is 18.2. The normalized spacial score (nSPS) is 21.2. The topological polar surface area (TPSA) is 95.6 Å². The van der Waals surface area contributed by atoms with Gasteiger partial charge < -0.3 is 10.2 Å². The molecular formula is C19H27N3O4S2. The summed E-state index contributed by atoms with van der Waals surface area (Å²) in [6.07, 6.45) is 1.90. The highest BCUT2D eigenvalue weighted by Gasteiger charge is 2.37. The summed E-state index contributed by atoms with van der Waals surface area (Å²) >= 11 is 1.18. The fraction of sp³-hybridized carbons (Fsp3) is 0.579. The van der Waals surface area contributed by atoms with Crippen molar-refractivity contribution in [3.8, 4) is 0 Å². The SMILES string of the molecule is CC1CCN(C(=O)C2Sc3ccc(S(=O)(=O)NC(C)(C)C)cc3NC2=O)CC1. The second kappa shape index (κ2) is 7.68. The molecular weight excluding hydrogens is 398 g/mol. The number of rotatable bonds is 3. The first-order valence-electron chi connectivity index (χ1n) is 9.40. The lowest BCUT2D eigenvalue weighted by atomic mass is 9.99. The lowest BCUT2D eigenvalue weighted by Gasteiger charge is -2.33. The molecule has 154 valence electrons. The number of nitrogens with one attached hydrogen (secondary N) is 2. The van der Waals surface area contributed by atoms with E-state index in [1.807, 2.05) is 0 Å². The van der Waals surface area contributed by atoms with Crippen molar-refractivity contribution in [2.45, 2.75) is 61.1 Å². The molecule has 1 atom stereocenters. The van der Waals surface area contributed by atoms with Crippen LogP contribution >= 0.6 is 11.8 Å². The number of fused-ring (bicyclic) bond motifs is 1. The number of thioether (sulfide) groups is 1. The van der Waals surface area contributed by atoms with Crippen LogP contribution in [0, 0.1) is 5.92 Å². The minimum atomic E-state index is -3.71. The molecule has 0 bridgehead atoms.